The van der Waals surface area contributed by atoms with Crippen molar-refractivity contribution < 1.29 is 27.6 Å². The molecular formula is C22H21F3N4O3S. The summed E-state index contributed by atoms with van der Waals surface area (Å²) >= 11 is 1.25. The van der Waals surface area contributed by atoms with Crippen LogP contribution in [0.2, 0.25) is 0 Å². The van der Waals surface area contributed by atoms with Crippen LogP contribution in [0.5, 0.6) is 0 Å². The van der Waals surface area contributed by atoms with Crippen molar-refractivity contribution in [2.24, 2.45) is 0 Å². The van der Waals surface area contributed by atoms with Gasteiger partial charge in [0.25, 0.3) is 5.91 Å². The molecule has 3 amide bonds. The van der Waals surface area contributed by atoms with Crippen LogP contribution in [-0.2, 0) is 27.8 Å². The fraction of sp³-hybridized carbons (Fsp3) is 0.455. The second-order valence-electron chi connectivity index (χ2n) is 8.88. The number of rotatable bonds is 3. The normalized spacial score (nSPS) is 26.4. The van der Waals surface area contributed by atoms with Gasteiger partial charge in [0.15, 0.2) is 0 Å². The van der Waals surface area contributed by atoms with Crippen LogP contribution in [0, 0.1) is 0 Å². The van der Waals surface area contributed by atoms with Crippen molar-refractivity contribution in [1.29, 1.82) is 0 Å². The number of amides is 3. The number of halogens is 3. The number of hydrogen-bond donors (Lipinski definition) is 2. The topological polar surface area (TPSA) is 91.4 Å². The first-order chi connectivity index (χ1) is 15.6. The molecule has 174 valence electrons. The highest BCUT2D eigenvalue weighted by Gasteiger charge is 2.52. The van der Waals surface area contributed by atoms with Crippen molar-refractivity contribution in [2.45, 2.75) is 56.3 Å². The van der Waals surface area contributed by atoms with Gasteiger partial charge in [-0.1, -0.05) is 6.07 Å². The Morgan fingerprint density at radius 2 is 2.12 bits per heavy atom. The first-order valence-corrected chi connectivity index (χ1v) is 11.5. The molecule has 1 aliphatic carbocycles. The molecule has 0 saturated carbocycles. The molecule has 5 rings (SSSR count). The second kappa shape index (κ2) is 7.54. The van der Waals surface area contributed by atoms with E-state index < -0.39 is 42.0 Å². The maximum atomic E-state index is 12.9. The van der Waals surface area contributed by atoms with Gasteiger partial charge in [-0.05, 0) is 43.9 Å². The second-order valence-corrected chi connectivity index (χ2v) is 10.0. The number of pyridine rings is 1. The fourth-order valence-electron chi connectivity index (χ4n) is 5.03. The molecule has 0 radical (unpaired) electrons. The van der Waals surface area contributed by atoms with E-state index in [-0.39, 0.29) is 12.3 Å². The molecule has 0 unspecified atom stereocenters. The summed E-state index contributed by atoms with van der Waals surface area (Å²) in [6.45, 7) is 0.251. The predicted molar refractivity (Wildman–Crippen MR) is 114 cm³/mol. The molecule has 0 bridgehead atoms. The molecular weight excluding hydrogens is 457 g/mol. The third-order valence-corrected chi connectivity index (χ3v) is 7.88. The third kappa shape index (κ3) is 3.68. The van der Waals surface area contributed by atoms with E-state index in [1.54, 1.807) is 25.3 Å². The number of likely N-dealkylation sites (tertiary alicyclic amines) is 1. The molecule has 2 N–H and O–H groups in total. The SMILES string of the molecule is C[C@H]1CC[C@@H](NC(=O)c2cc3c(s2)C[C@@]2(C3)C(=O)Nc3ncccc32)C(=O)N1CC(F)(F)F. The van der Waals surface area contributed by atoms with E-state index in [1.165, 1.54) is 11.3 Å². The van der Waals surface area contributed by atoms with Gasteiger partial charge < -0.3 is 15.5 Å². The van der Waals surface area contributed by atoms with Crippen LogP contribution in [0.3, 0.4) is 0 Å². The molecule has 11 heteroatoms. The highest BCUT2D eigenvalue weighted by Crippen LogP contribution is 2.48. The van der Waals surface area contributed by atoms with E-state index in [2.05, 4.69) is 15.6 Å². The highest BCUT2D eigenvalue weighted by atomic mass is 32.1. The zero-order valence-electron chi connectivity index (χ0n) is 17.7. The lowest BCUT2D eigenvalue weighted by atomic mass is 9.80. The molecule has 3 atom stereocenters. The minimum Gasteiger partial charge on any atom is -0.340 e. The van der Waals surface area contributed by atoms with Gasteiger partial charge in [0, 0.05) is 29.1 Å². The minimum absolute atomic E-state index is 0.114. The van der Waals surface area contributed by atoms with Gasteiger partial charge in [0.1, 0.15) is 18.4 Å². The summed E-state index contributed by atoms with van der Waals surface area (Å²) in [5.41, 5.74) is 1.00. The first kappa shape index (κ1) is 21.9. The molecule has 3 aliphatic rings. The lowest BCUT2D eigenvalue weighted by molar-refractivity contribution is -0.169. The van der Waals surface area contributed by atoms with Crippen molar-refractivity contribution in [3.8, 4) is 0 Å². The summed E-state index contributed by atoms with van der Waals surface area (Å²) in [6.07, 6.45) is -1.33. The maximum absolute atomic E-state index is 12.9. The molecule has 1 fully saturated rings. The van der Waals surface area contributed by atoms with Crippen LogP contribution in [0.15, 0.2) is 24.4 Å². The Morgan fingerprint density at radius 1 is 1.33 bits per heavy atom. The van der Waals surface area contributed by atoms with Gasteiger partial charge in [0.05, 0.1) is 10.3 Å². The fourth-order valence-corrected chi connectivity index (χ4v) is 6.22. The van der Waals surface area contributed by atoms with E-state index >= 15 is 0 Å². The van der Waals surface area contributed by atoms with Crippen LogP contribution >= 0.6 is 11.3 Å². The smallest absolute Gasteiger partial charge is 0.340 e. The Hall–Kier alpha value is -2.95. The zero-order chi connectivity index (χ0) is 23.5. The average Bonchev–Trinajstić information content (AvgIpc) is 3.38. The molecule has 1 saturated heterocycles. The number of thiophene rings is 1. The van der Waals surface area contributed by atoms with Gasteiger partial charge in [-0.3, -0.25) is 14.4 Å². The molecule has 2 aliphatic heterocycles. The van der Waals surface area contributed by atoms with E-state index in [4.69, 9.17) is 0 Å². The van der Waals surface area contributed by atoms with Gasteiger partial charge >= 0.3 is 6.18 Å². The lowest BCUT2D eigenvalue weighted by Gasteiger charge is -2.38. The summed E-state index contributed by atoms with van der Waals surface area (Å²) in [4.78, 5) is 44.5. The number of nitrogens with zero attached hydrogens (tertiary/aromatic N) is 2. The number of nitrogens with one attached hydrogen (secondary N) is 2. The van der Waals surface area contributed by atoms with Gasteiger partial charge in [-0.15, -0.1) is 11.3 Å². The summed E-state index contributed by atoms with van der Waals surface area (Å²) in [6, 6.07) is 3.86. The Kier molecular flexibility index (Phi) is 5.00. The molecule has 4 heterocycles. The van der Waals surface area contributed by atoms with Crippen molar-refractivity contribution >= 4 is 34.9 Å². The van der Waals surface area contributed by atoms with Crippen molar-refractivity contribution in [3.63, 3.8) is 0 Å². The lowest BCUT2D eigenvalue weighted by Crippen LogP contribution is -2.57. The summed E-state index contributed by atoms with van der Waals surface area (Å²) in [7, 11) is 0. The van der Waals surface area contributed by atoms with E-state index in [0.717, 1.165) is 20.9 Å². The quantitative estimate of drug-likeness (QED) is 0.710. The van der Waals surface area contributed by atoms with Crippen LogP contribution in [-0.4, -0.2) is 52.4 Å². The monoisotopic (exact) mass is 478 g/mol. The van der Waals surface area contributed by atoms with Gasteiger partial charge in [0.2, 0.25) is 11.8 Å². The summed E-state index contributed by atoms with van der Waals surface area (Å²) in [5, 5.41) is 5.45. The molecule has 33 heavy (non-hydrogen) atoms. The van der Waals surface area contributed by atoms with Gasteiger partial charge in [-0.25, -0.2) is 4.98 Å². The van der Waals surface area contributed by atoms with E-state index in [9.17, 15) is 27.6 Å². The number of fused-ring (bicyclic) bond motifs is 3. The summed E-state index contributed by atoms with van der Waals surface area (Å²) in [5.74, 6) is -0.753. The van der Waals surface area contributed by atoms with Crippen LogP contribution in [0.4, 0.5) is 19.0 Å². The van der Waals surface area contributed by atoms with Crippen molar-refractivity contribution in [1.82, 2.24) is 15.2 Å². The number of anilines is 1. The number of hydrogen-bond acceptors (Lipinski definition) is 5. The number of piperidine rings is 1. The largest absolute Gasteiger partial charge is 0.406 e. The molecule has 2 aromatic heterocycles. The standard InChI is InChI=1S/C22H21F3N4O3S/c1-11-4-5-14(19(31)29(11)10-22(23,24)25)27-18(30)15-7-12-8-21(9-16(12)33-15)13-3-2-6-26-17(13)28-20(21)32/h2-3,6-7,11,14H,4-5,8-10H2,1H3,(H,27,30)(H,26,28,32)/t11-,14+,21+/m0/s1. The van der Waals surface area contributed by atoms with Crippen LogP contribution in [0.25, 0.3) is 0 Å². The maximum Gasteiger partial charge on any atom is 0.406 e. The first-order valence-electron chi connectivity index (χ1n) is 10.6. The molecule has 1 spiro atoms. The van der Waals surface area contributed by atoms with Crippen molar-refractivity contribution in [3.05, 3.63) is 45.3 Å². The minimum atomic E-state index is -4.50. The van der Waals surface area contributed by atoms with Crippen LogP contribution in [0.1, 0.15) is 45.4 Å². The van der Waals surface area contributed by atoms with Crippen molar-refractivity contribution in [2.75, 3.05) is 11.9 Å². The number of alkyl halides is 3. The Balaban J connectivity index is 1.30. The zero-order valence-corrected chi connectivity index (χ0v) is 18.5. The Morgan fingerprint density at radius 3 is 2.85 bits per heavy atom. The number of carbonyl (C=O) groups excluding carboxylic acids is 3. The summed E-state index contributed by atoms with van der Waals surface area (Å²) < 4.78 is 38.6. The number of aromatic nitrogens is 1. The average molecular weight is 478 g/mol. The van der Waals surface area contributed by atoms with Gasteiger partial charge in [-0.2, -0.15) is 13.2 Å². The van der Waals surface area contributed by atoms with E-state index in [0.29, 0.717) is 30.0 Å². The molecule has 0 aromatic carbocycles. The highest BCUT2D eigenvalue weighted by molar-refractivity contribution is 7.14. The predicted octanol–water partition coefficient (Wildman–Crippen LogP) is 2.80. The molecule has 7 nitrogen and oxygen atoms in total. The third-order valence-electron chi connectivity index (χ3n) is 6.71. The van der Waals surface area contributed by atoms with Crippen LogP contribution < -0.4 is 10.6 Å². The Bertz CT molecular complexity index is 1140. The Labute approximate surface area is 191 Å². The molecule has 2 aromatic rings. The number of carbonyl (C=O) groups is 3. The van der Waals surface area contributed by atoms with E-state index in [1.807, 2.05) is 6.07 Å².